The Balaban J connectivity index is 1.81. The summed E-state index contributed by atoms with van der Waals surface area (Å²) in [6.45, 7) is 2.16. The van der Waals surface area contributed by atoms with E-state index in [1.54, 1.807) is 0 Å². The van der Waals surface area contributed by atoms with E-state index in [1.165, 1.54) is 5.56 Å². The predicted molar refractivity (Wildman–Crippen MR) is 104 cm³/mol. The molecule has 0 saturated carbocycles. The molecule has 0 amide bonds. The second kappa shape index (κ2) is 6.73. The first-order valence-electron chi connectivity index (χ1n) is 8.52. The Morgan fingerprint density at radius 3 is 2.32 bits per heavy atom. The van der Waals surface area contributed by atoms with Crippen molar-refractivity contribution in [1.29, 1.82) is 0 Å². The number of hydrogen-bond donors (Lipinski definition) is 1. The van der Waals surface area contributed by atoms with E-state index in [9.17, 15) is 0 Å². The lowest BCUT2D eigenvalue weighted by Crippen LogP contribution is -1.99. The average Bonchev–Trinajstić information content (AvgIpc) is 2.69. The summed E-state index contributed by atoms with van der Waals surface area (Å²) in [5.41, 5.74) is 4.31. The highest BCUT2D eigenvalue weighted by atomic mass is 15.2. The van der Waals surface area contributed by atoms with E-state index < -0.39 is 0 Å². The van der Waals surface area contributed by atoms with E-state index in [2.05, 4.69) is 71.0 Å². The van der Waals surface area contributed by atoms with Crippen LogP contribution in [0.5, 0.6) is 0 Å². The van der Waals surface area contributed by atoms with Gasteiger partial charge in [-0.2, -0.15) is 0 Å². The van der Waals surface area contributed by atoms with Gasteiger partial charge in [0, 0.05) is 22.0 Å². The lowest BCUT2D eigenvalue weighted by atomic mass is 10.0. The molecule has 3 heteroatoms. The van der Waals surface area contributed by atoms with Gasteiger partial charge in [-0.25, -0.2) is 0 Å². The third-order valence-corrected chi connectivity index (χ3v) is 4.33. The van der Waals surface area contributed by atoms with Crippen LogP contribution >= 0.6 is 0 Å². The molecule has 4 aromatic rings. The Morgan fingerprint density at radius 2 is 1.52 bits per heavy atom. The molecule has 0 unspecified atom stereocenters. The van der Waals surface area contributed by atoms with Crippen LogP contribution in [-0.2, 0) is 6.42 Å². The van der Waals surface area contributed by atoms with Gasteiger partial charge in [0.1, 0.15) is 5.69 Å². The maximum Gasteiger partial charge on any atom is 0.161 e. The zero-order chi connectivity index (χ0) is 17.1. The fourth-order valence-electron chi connectivity index (χ4n) is 3.01. The first-order valence-corrected chi connectivity index (χ1v) is 8.52. The number of nitrogens with one attached hydrogen (secondary N) is 1. The molecular weight excluding hydrogens is 306 g/mol. The Kier molecular flexibility index (Phi) is 4.13. The highest BCUT2D eigenvalue weighted by Gasteiger charge is 2.10. The second-order valence-electron chi connectivity index (χ2n) is 5.99. The Bertz CT molecular complexity index is 1010. The molecule has 0 bridgehead atoms. The average molecular weight is 325 g/mol. The summed E-state index contributed by atoms with van der Waals surface area (Å²) in [5.74, 6) is 0.781. The van der Waals surface area contributed by atoms with Gasteiger partial charge in [0.2, 0.25) is 0 Å². The Hall–Kier alpha value is -3.20. The molecule has 0 atom stereocenters. The number of hydrogen-bond acceptors (Lipinski definition) is 3. The molecule has 0 fully saturated rings. The standard InChI is InChI=1S/C22H19N3/c1-2-16-9-8-12-18(15-16)23-22-20-14-7-6-13-19(20)21(24-25-22)17-10-4-3-5-11-17/h3-15H,2H2,1H3,(H,23,25). The summed E-state index contributed by atoms with van der Waals surface area (Å²) in [6, 6.07) is 26.8. The molecule has 0 aliphatic carbocycles. The molecule has 0 saturated heterocycles. The van der Waals surface area contributed by atoms with Gasteiger partial charge in [0.25, 0.3) is 0 Å². The highest BCUT2D eigenvalue weighted by molar-refractivity contribution is 6.00. The van der Waals surface area contributed by atoms with Gasteiger partial charge in [-0.3, -0.25) is 0 Å². The first-order chi connectivity index (χ1) is 12.3. The lowest BCUT2D eigenvalue weighted by molar-refractivity contribution is 1.06. The van der Waals surface area contributed by atoms with E-state index >= 15 is 0 Å². The van der Waals surface area contributed by atoms with Gasteiger partial charge in [0.15, 0.2) is 5.82 Å². The van der Waals surface area contributed by atoms with E-state index in [0.29, 0.717) is 0 Å². The summed E-state index contributed by atoms with van der Waals surface area (Å²) < 4.78 is 0. The topological polar surface area (TPSA) is 37.8 Å². The summed E-state index contributed by atoms with van der Waals surface area (Å²) in [6.07, 6.45) is 1.01. The lowest BCUT2D eigenvalue weighted by Gasteiger charge is -2.12. The Labute approximate surface area is 147 Å². The van der Waals surface area contributed by atoms with Crippen molar-refractivity contribution in [1.82, 2.24) is 10.2 Å². The number of anilines is 2. The van der Waals surface area contributed by atoms with Crippen LogP contribution in [0.15, 0.2) is 78.9 Å². The molecule has 3 aromatic carbocycles. The van der Waals surface area contributed by atoms with Crippen molar-refractivity contribution in [3.05, 3.63) is 84.4 Å². The summed E-state index contributed by atoms with van der Waals surface area (Å²) in [4.78, 5) is 0. The number of benzene rings is 3. The SMILES string of the molecule is CCc1cccc(Nc2nnc(-c3ccccc3)c3ccccc23)c1. The van der Waals surface area contributed by atoms with Crippen molar-refractivity contribution in [3.63, 3.8) is 0 Å². The van der Waals surface area contributed by atoms with Crippen LogP contribution in [0.3, 0.4) is 0 Å². The largest absolute Gasteiger partial charge is 0.338 e. The molecule has 1 aromatic heterocycles. The molecule has 25 heavy (non-hydrogen) atoms. The third-order valence-electron chi connectivity index (χ3n) is 4.33. The third kappa shape index (κ3) is 3.09. The number of nitrogens with zero attached hydrogens (tertiary/aromatic N) is 2. The number of fused-ring (bicyclic) bond motifs is 1. The van der Waals surface area contributed by atoms with Crippen LogP contribution in [0.1, 0.15) is 12.5 Å². The van der Waals surface area contributed by atoms with Crippen molar-refractivity contribution in [2.45, 2.75) is 13.3 Å². The van der Waals surface area contributed by atoms with Crippen molar-refractivity contribution in [2.75, 3.05) is 5.32 Å². The van der Waals surface area contributed by atoms with Crippen LogP contribution < -0.4 is 5.32 Å². The molecule has 0 aliphatic rings. The normalized spacial score (nSPS) is 10.8. The van der Waals surface area contributed by atoms with Gasteiger partial charge >= 0.3 is 0 Å². The Morgan fingerprint density at radius 1 is 0.760 bits per heavy atom. The fourth-order valence-corrected chi connectivity index (χ4v) is 3.01. The molecule has 4 rings (SSSR count). The molecule has 0 radical (unpaired) electrons. The van der Waals surface area contributed by atoms with Gasteiger partial charge in [-0.15, -0.1) is 10.2 Å². The second-order valence-corrected chi connectivity index (χ2v) is 5.99. The molecular formula is C22H19N3. The maximum atomic E-state index is 4.50. The van der Waals surface area contributed by atoms with Gasteiger partial charge < -0.3 is 5.32 Å². The van der Waals surface area contributed by atoms with Gasteiger partial charge in [0.05, 0.1) is 0 Å². The van der Waals surface area contributed by atoms with E-state index in [0.717, 1.165) is 40.0 Å². The number of rotatable bonds is 4. The molecule has 1 N–H and O–H groups in total. The minimum atomic E-state index is 0.781. The summed E-state index contributed by atoms with van der Waals surface area (Å²) in [7, 11) is 0. The van der Waals surface area contributed by atoms with Crippen molar-refractivity contribution < 1.29 is 0 Å². The van der Waals surface area contributed by atoms with E-state index in [-0.39, 0.29) is 0 Å². The monoisotopic (exact) mass is 325 g/mol. The van der Waals surface area contributed by atoms with Crippen LogP contribution in [0.4, 0.5) is 11.5 Å². The first kappa shape index (κ1) is 15.3. The van der Waals surface area contributed by atoms with Crippen LogP contribution in [0.25, 0.3) is 22.0 Å². The number of aromatic nitrogens is 2. The zero-order valence-electron chi connectivity index (χ0n) is 14.1. The highest BCUT2D eigenvalue weighted by Crippen LogP contribution is 2.30. The van der Waals surface area contributed by atoms with Crippen molar-refractivity contribution >= 4 is 22.3 Å². The van der Waals surface area contributed by atoms with Crippen molar-refractivity contribution in [2.24, 2.45) is 0 Å². The summed E-state index contributed by atoms with van der Waals surface area (Å²) in [5, 5.41) is 14.6. The molecule has 0 aliphatic heterocycles. The molecule has 122 valence electrons. The van der Waals surface area contributed by atoms with Gasteiger partial charge in [-0.1, -0.05) is 73.7 Å². The quantitative estimate of drug-likeness (QED) is 0.530. The molecule has 3 nitrogen and oxygen atoms in total. The predicted octanol–water partition coefficient (Wildman–Crippen LogP) is 5.60. The van der Waals surface area contributed by atoms with Crippen LogP contribution in [0, 0.1) is 0 Å². The van der Waals surface area contributed by atoms with Crippen LogP contribution in [0.2, 0.25) is 0 Å². The minimum Gasteiger partial charge on any atom is -0.338 e. The fraction of sp³-hybridized carbons (Fsp3) is 0.0909. The minimum absolute atomic E-state index is 0.781. The smallest absolute Gasteiger partial charge is 0.161 e. The maximum absolute atomic E-state index is 4.50. The molecule has 1 heterocycles. The van der Waals surface area contributed by atoms with E-state index in [4.69, 9.17) is 0 Å². The van der Waals surface area contributed by atoms with E-state index in [1.807, 2.05) is 30.3 Å². The zero-order valence-corrected chi connectivity index (χ0v) is 14.1. The van der Waals surface area contributed by atoms with Crippen LogP contribution in [-0.4, -0.2) is 10.2 Å². The van der Waals surface area contributed by atoms with Crippen molar-refractivity contribution in [3.8, 4) is 11.3 Å². The summed E-state index contributed by atoms with van der Waals surface area (Å²) >= 11 is 0. The number of aryl methyl sites for hydroxylation is 1. The molecule has 0 spiro atoms. The van der Waals surface area contributed by atoms with Gasteiger partial charge in [-0.05, 0) is 24.1 Å².